The van der Waals surface area contributed by atoms with Crippen molar-refractivity contribution < 1.29 is 23.8 Å². The van der Waals surface area contributed by atoms with Crippen LogP contribution in [0.25, 0.3) is 0 Å². The number of esters is 2. The Morgan fingerprint density at radius 1 is 1.05 bits per heavy atom. The van der Waals surface area contributed by atoms with E-state index < -0.39 is 11.9 Å². The zero-order valence-electron chi connectivity index (χ0n) is 11.4. The molecule has 0 saturated heterocycles. The molecule has 1 rings (SSSR count). The third kappa shape index (κ3) is 3.37. The molecule has 0 saturated carbocycles. The van der Waals surface area contributed by atoms with Crippen LogP contribution in [-0.2, 0) is 9.47 Å². The number of benzene rings is 1. The number of methoxy groups -OCH3 is 2. The van der Waals surface area contributed by atoms with Crippen molar-refractivity contribution in [2.75, 3.05) is 20.0 Å². The summed E-state index contributed by atoms with van der Waals surface area (Å²) in [5, 5.41) is 0. The summed E-state index contributed by atoms with van der Waals surface area (Å²) in [6.07, 6.45) is -0.114. The molecule has 6 nitrogen and oxygen atoms in total. The van der Waals surface area contributed by atoms with E-state index >= 15 is 0 Å². The first-order chi connectivity index (χ1) is 8.90. The second-order valence-electron chi connectivity index (χ2n) is 4.09. The lowest BCUT2D eigenvalue weighted by Gasteiger charge is -2.15. The molecule has 104 valence electrons. The number of anilines is 1. The van der Waals surface area contributed by atoms with Gasteiger partial charge in [0.1, 0.15) is 5.75 Å². The first-order valence-corrected chi connectivity index (χ1v) is 5.67. The highest BCUT2D eigenvalue weighted by molar-refractivity contribution is 6.04. The highest BCUT2D eigenvalue weighted by Gasteiger charge is 2.21. The molecule has 6 heteroatoms. The van der Waals surface area contributed by atoms with Crippen molar-refractivity contribution in [1.29, 1.82) is 0 Å². The van der Waals surface area contributed by atoms with Crippen LogP contribution in [0.3, 0.4) is 0 Å². The van der Waals surface area contributed by atoms with Gasteiger partial charge in [0.05, 0.1) is 37.1 Å². The number of hydrogen-bond acceptors (Lipinski definition) is 6. The number of hydrogen-bond donors (Lipinski definition) is 1. The number of rotatable bonds is 4. The Labute approximate surface area is 111 Å². The van der Waals surface area contributed by atoms with Crippen LogP contribution in [0, 0.1) is 0 Å². The summed E-state index contributed by atoms with van der Waals surface area (Å²) in [4.78, 5) is 23.3. The Morgan fingerprint density at radius 3 is 1.95 bits per heavy atom. The van der Waals surface area contributed by atoms with E-state index in [-0.39, 0.29) is 22.9 Å². The highest BCUT2D eigenvalue weighted by atomic mass is 16.5. The van der Waals surface area contributed by atoms with Crippen molar-refractivity contribution in [2.24, 2.45) is 0 Å². The predicted octanol–water partition coefficient (Wildman–Crippen LogP) is 1.63. The third-order valence-electron chi connectivity index (χ3n) is 2.32. The molecular formula is C13H17NO5. The van der Waals surface area contributed by atoms with Crippen LogP contribution in [0.1, 0.15) is 34.6 Å². The van der Waals surface area contributed by atoms with E-state index in [1.807, 2.05) is 13.8 Å². The smallest absolute Gasteiger partial charge is 0.338 e. The standard InChI is InChI=1S/C13H17NO5/c1-7(2)19-11-6-9(13(16)18-4)8(5-10(11)14)12(15)17-3/h5-7H,14H2,1-4H3. The monoisotopic (exact) mass is 267 g/mol. The quantitative estimate of drug-likeness (QED) is 0.659. The first-order valence-electron chi connectivity index (χ1n) is 5.67. The second-order valence-corrected chi connectivity index (χ2v) is 4.09. The summed E-state index contributed by atoms with van der Waals surface area (Å²) in [5.74, 6) is -1.000. The van der Waals surface area contributed by atoms with Crippen molar-refractivity contribution >= 4 is 17.6 Å². The maximum Gasteiger partial charge on any atom is 0.338 e. The molecule has 0 aromatic heterocycles. The molecule has 1 aromatic carbocycles. The van der Waals surface area contributed by atoms with E-state index in [4.69, 9.17) is 10.5 Å². The SMILES string of the molecule is COC(=O)c1cc(N)c(OC(C)C)cc1C(=O)OC. The molecule has 0 aliphatic carbocycles. The minimum absolute atomic E-state index is 0.0444. The minimum Gasteiger partial charge on any atom is -0.489 e. The maximum absolute atomic E-state index is 11.7. The second kappa shape index (κ2) is 6.08. The minimum atomic E-state index is -0.664. The maximum atomic E-state index is 11.7. The van der Waals surface area contributed by atoms with E-state index in [0.29, 0.717) is 5.75 Å². The Morgan fingerprint density at radius 2 is 1.53 bits per heavy atom. The van der Waals surface area contributed by atoms with Gasteiger partial charge in [0.15, 0.2) is 0 Å². The molecule has 0 unspecified atom stereocenters. The Kier molecular flexibility index (Phi) is 4.74. The van der Waals surface area contributed by atoms with Gasteiger partial charge in [-0.25, -0.2) is 9.59 Å². The lowest BCUT2D eigenvalue weighted by Crippen LogP contribution is -2.15. The molecule has 0 radical (unpaired) electrons. The highest BCUT2D eigenvalue weighted by Crippen LogP contribution is 2.28. The molecule has 0 bridgehead atoms. The molecule has 0 amide bonds. The lowest BCUT2D eigenvalue weighted by atomic mass is 10.1. The number of nitrogen functional groups attached to an aromatic ring is 1. The van der Waals surface area contributed by atoms with E-state index in [0.717, 1.165) is 0 Å². The largest absolute Gasteiger partial charge is 0.489 e. The van der Waals surface area contributed by atoms with Crippen molar-refractivity contribution in [3.8, 4) is 5.75 Å². The number of carbonyl (C=O) groups excluding carboxylic acids is 2. The zero-order chi connectivity index (χ0) is 14.6. The molecule has 0 spiro atoms. The van der Waals surface area contributed by atoms with Crippen LogP contribution in [0.2, 0.25) is 0 Å². The fourth-order valence-electron chi connectivity index (χ4n) is 1.51. The van der Waals surface area contributed by atoms with Gasteiger partial charge in [-0.1, -0.05) is 0 Å². The number of carbonyl (C=O) groups is 2. The van der Waals surface area contributed by atoms with Crippen molar-refractivity contribution in [1.82, 2.24) is 0 Å². The summed E-state index contributed by atoms with van der Waals surface area (Å²) >= 11 is 0. The molecule has 0 fully saturated rings. The first kappa shape index (κ1) is 14.8. The molecule has 1 aromatic rings. The molecule has 0 atom stereocenters. The van der Waals surface area contributed by atoms with Gasteiger partial charge in [-0.3, -0.25) is 0 Å². The van der Waals surface area contributed by atoms with Crippen LogP contribution in [0.15, 0.2) is 12.1 Å². The van der Waals surface area contributed by atoms with Gasteiger partial charge in [-0.05, 0) is 26.0 Å². The Bertz CT molecular complexity index is 496. The van der Waals surface area contributed by atoms with Crippen LogP contribution < -0.4 is 10.5 Å². The number of nitrogens with two attached hydrogens (primary N) is 1. The summed E-state index contributed by atoms with van der Waals surface area (Å²) in [6, 6.07) is 2.73. The zero-order valence-corrected chi connectivity index (χ0v) is 11.4. The van der Waals surface area contributed by atoms with Gasteiger partial charge in [0.25, 0.3) is 0 Å². The van der Waals surface area contributed by atoms with Crippen LogP contribution in [0.4, 0.5) is 5.69 Å². The van der Waals surface area contributed by atoms with Crippen LogP contribution >= 0.6 is 0 Å². The Hall–Kier alpha value is -2.24. The molecule has 0 heterocycles. The molecule has 19 heavy (non-hydrogen) atoms. The van der Waals surface area contributed by atoms with Crippen LogP contribution in [-0.4, -0.2) is 32.3 Å². The predicted molar refractivity (Wildman–Crippen MR) is 69.3 cm³/mol. The molecule has 0 aliphatic heterocycles. The third-order valence-corrected chi connectivity index (χ3v) is 2.32. The average Bonchev–Trinajstić information content (AvgIpc) is 2.38. The van der Waals surface area contributed by atoms with Crippen molar-refractivity contribution in [2.45, 2.75) is 20.0 Å². The summed E-state index contributed by atoms with van der Waals surface area (Å²) in [5.41, 5.74) is 6.14. The van der Waals surface area contributed by atoms with E-state index in [9.17, 15) is 9.59 Å². The molecule has 2 N–H and O–H groups in total. The lowest BCUT2D eigenvalue weighted by molar-refractivity contribution is 0.0555. The van der Waals surface area contributed by atoms with Gasteiger partial charge in [-0.2, -0.15) is 0 Å². The van der Waals surface area contributed by atoms with Gasteiger partial charge in [-0.15, -0.1) is 0 Å². The van der Waals surface area contributed by atoms with Crippen molar-refractivity contribution in [3.63, 3.8) is 0 Å². The van der Waals surface area contributed by atoms with E-state index in [1.54, 1.807) is 0 Å². The molecular weight excluding hydrogens is 250 g/mol. The summed E-state index contributed by atoms with van der Waals surface area (Å²) in [6.45, 7) is 3.65. The van der Waals surface area contributed by atoms with Gasteiger partial charge in [0, 0.05) is 0 Å². The fourth-order valence-corrected chi connectivity index (χ4v) is 1.51. The number of ether oxygens (including phenoxy) is 3. The summed E-state index contributed by atoms with van der Waals surface area (Å²) < 4.78 is 14.7. The van der Waals surface area contributed by atoms with Gasteiger partial charge in [0.2, 0.25) is 0 Å². The average molecular weight is 267 g/mol. The van der Waals surface area contributed by atoms with E-state index in [2.05, 4.69) is 9.47 Å². The van der Waals surface area contributed by atoms with Gasteiger partial charge < -0.3 is 19.9 Å². The normalized spacial score (nSPS) is 10.2. The van der Waals surface area contributed by atoms with Crippen LogP contribution in [0.5, 0.6) is 5.75 Å². The topological polar surface area (TPSA) is 87.9 Å². The molecule has 0 aliphatic rings. The fraction of sp³-hybridized carbons (Fsp3) is 0.385. The Balaban J connectivity index is 3.36. The summed E-state index contributed by atoms with van der Waals surface area (Å²) in [7, 11) is 2.45. The van der Waals surface area contributed by atoms with E-state index in [1.165, 1.54) is 26.4 Å². The van der Waals surface area contributed by atoms with Crippen molar-refractivity contribution in [3.05, 3.63) is 23.3 Å². The van der Waals surface area contributed by atoms with Gasteiger partial charge >= 0.3 is 11.9 Å².